The van der Waals surface area contributed by atoms with Crippen LogP contribution >= 0.6 is 0 Å². The molecule has 368 valence electrons. The molecule has 0 spiro atoms. The van der Waals surface area contributed by atoms with E-state index in [9.17, 15) is 33.7 Å². The average Bonchev–Trinajstić information content (AvgIpc) is 3.41. The van der Waals surface area contributed by atoms with Crippen molar-refractivity contribution in [2.75, 3.05) is 45.8 Å². The van der Waals surface area contributed by atoms with E-state index in [-0.39, 0.29) is 39.2 Å². The molecule has 73 heavy (non-hydrogen) atoms. The summed E-state index contributed by atoms with van der Waals surface area (Å²) in [5.41, 5.74) is 4.57. The van der Waals surface area contributed by atoms with E-state index in [1.807, 2.05) is 97.1 Å². The van der Waals surface area contributed by atoms with Crippen molar-refractivity contribution in [2.45, 2.75) is 63.3 Å². The Morgan fingerprint density at radius 2 is 0.370 bits per heavy atom. The maximum absolute atomic E-state index is 14.3. The molecule has 4 aliphatic heterocycles. The minimum atomic E-state index is -3.86. The summed E-state index contributed by atoms with van der Waals surface area (Å²) in [5, 5.41) is 0. The lowest BCUT2D eigenvalue weighted by atomic mass is 10.2. The van der Waals surface area contributed by atoms with Crippen LogP contribution in [0.5, 0.6) is 0 Å². The number of benzene rings is 8. The fraction of sp³-hybridized carbons (Fsp3) is 0.143. The molecule has 8 aromatic carbocycles. The molecule has 17 heteroatoms. The molecule has 0 unspecified atom stereocenters. The van der Waals surface area contributed by atoms with Gasteiger partial charge in [0, 0.05) is 26.2 Å². The highest BCUT2D eigenvalue weighted by atomic mass is 32.2. The van der Waals surface area contributed by atoms with Gasteiger partial charge in [0.15, 0.2) is 0 Å². The Labute approximate surface area is 427 Å². The first-order valence-corrected chi connectivity index (χ1v) is 32.8. The van der Waals surface area contributed by atoms with Gasteiger partial charge in [-0.2, -0.15) is 0 Å². The van der Waals surface area contributed by atoms with Crippen molar-refractivity contribution in [2.24, 2.45) is 0 Å². The number of hydrogen-bond donors (Lipinski definition) is 0. The van der Waals surface area contributed by atoms with E-state index < -0.39 is 47.4 Å². The van der Waals surface area contributed by atoms with Crippen molar-refractivity contribution < 1.29 is 33.7 Å². The summed E-state index contributed by atoms with van der Waals surface area (Å²) in [5.74, 6) is 0. The molecule has 12 nitrogen and oxygen atoms in total. The van der Waals surface area contributed by atoms with Crippen LogP contribution in [0.2, 0.25) is 24.2 Å². The van der Waals surface area contributed by atoms with Crippen LogP contribution in [0.15, 0.2) is 233 Å². The summed E-state index contributed by atoms with van der Waals surface area (Å²) in [6.07, 6.45) is 0. The normalized spacial score (nSPS) is 16.9. The highest BCUT2D eigenvalue weighted by Gasteiger charge is 2.43. The Kier molecular flexibility index (Phi) is 11.3. The lowest BCUT2D eigenvalue weighted by Crippen LogP contribution is -2.46. The first-order valence-electron chi connectivity index (χ1n) is 24.1. The predicted octanol–water partition coefficient (Wildman–Crippen LogP) is 11.4. The van der Waals surface area contributed by atoms with Gasteiger partial charge < -0.3 is 19.6 Å². The summed E-state index contributed by atoms with van der Waals surface area (Å²) >= 11 is 0. The van der Waals surface area contributed by atoms with Gasteiger partial charge in [-0.15, -0.1) is 0 Å². The quantitative estimate of drug-likeness (QED) is 0.107. The zero-order valence-corrected chi connectivity index (χ0v) is 43.6. The number of sulfone groups is 4. The van der Waals surface area contributed by atoms with E-state index in [0.717, 1.165) is 0 Å². The SMILES string of the molecule is O=S1(=O)c2ccccc2N(CC[Si](CCN2c3ccccc3S(=O)(=O)c3ccccc32)(CCN2c3ccccc3S(=O)(=O)c3ccccc32)CCN2c3ccccc3S(=O)(=O)c3ccccc32)c2ccccc21. The van der Waals surface area contributed by atoms with Crippen molar-refractivity contribution in [1.82, 2.24) is 0 Å². The Morgan fingerprint density at radius 1 is 0.233 bits per heavy atom. The number of para-hydroxylation sites is 8. The highest BCUT2D eigenvalue weighted by Crippen LogP contribution is 2.50. The van der Waals surface area contributed by atoms with Crippen LogP contribution in [0.25, 0.3) is 0 Å². The van der Waals surface area contributed by atoms with E-state index in [0.29, 0.717) is 95.9 Å². The van der Waals surface area contributed by atoms with E-state index in [1.54, 1.807) is 97.1 Å². The minimum absolute atomic E-state index is 0.217. The number of rotatable bonds is 12. The minimum Gasteiger partial charge on any atom is -0.340 e. The second-order valence-corrected chi connectivity index (χ2v) is 31.4. The first kappa shape index (κ1) is 47.0. The maximum atomic E-state index is 14.3. The van der Waals surface area contributed by atoms with Crippen LogP contribution in [-0.4, -0.2) is 67.9 Å². The number of fused-ring (bicyclic) bond motifs is 8. The molecule has 0 atom stereocenters. The molecule has 12 rings (SSSR count). The van der Waals surface area contributed by atoms with Gasteiger partial charge in [0.05, 0.1) is 92.7 Å². The third kappa shape index (κ3) is 7.53. The van der Waals surface area contributed by atoms with Gasteiger partial charge in [0.1, 0.15) is 0 Å². The van der Waals surface area contributed by atoms with E-state index in [4.69, 9.17) is 0 Å². The van der Waals surface area contributed by atoms with E-state index in [1.165, 1.54) is 0 Å². The monoisotopic (exact) mass is 1060 g/mol. The molecule has 0 aliphatic carbocycles. The van der Waals surface area contributed by atoms with Gasteiger partial charge >= 0.3 is 0 Å². The molecule has 0 saturated carbocycles. The lowest BCUT2D eigenvalue weighted by molar-refractivity contribution is 0.592. The standard InChI is InChI=1S/C56H48N4O8S4Si/c61-69(62)49-25-9-1-17-41(49)57(42-18-2-10-26-50(42)69)33-37-73(38-34-58-43-19-3-11-27-51(43)70(63,64)52-28-12-4-20-44(52)58,39-35-59-45-21-5-13-29-53(45)71(65,66)54-30-14-6-22-46(54)59)40-36-60-47-23-7-15-31-55(47)72(67,68)56-32-16-8-24-48(56)60/h1-32H,33-40H2. The molecular formula is C56H48N4O8S4Si. The Morgan fingerprint density at radius 3 is 0.521 bits per heavy atom. The van der Waals surface area contributed by atoms with Crippen molar-refractivity contribution in [1.29, 1.82) is 0 Å². The predicted molar refractivity (Wildman–Crippen MR) is 286 cm³/mol. The van der Waals surface area contributed by atoms with Gasteiger partial charge in [-0.25, -0.2) is 33.7 Å². The lowest BCUT2D eigenvalue weighted by Gasteiger charge is -2.43. The van der Waals surface area contributed by atoms with Crippen LogP contribution in [0.4, 0.5) is 45.5 Å². The second-order valence-electron chi connectivity index (χ2n) is 18.9. The molecule has 0 amide bonds. The molecule has 0 saturated heterocycles. The van der Waals surface area contributed by atoms with Crippen LogP contribution in [0.3, 0.4) is 0 Å². The zero-order valence-electron chi connectivity index (χ0n) is 39.3. The summed E-state index contributed by atoms with van der Waals surface area (Å²) in [7, 11) is -18.4. The van der Waals surface area contributed by atoms with Crippen LogP contribution in [0.1, 0.15) is 0 Å². The molecule has 0 N–H and O–H groups in total. The largest absolute Gasteiger partial charge is 0.340 e. The molecule has 4 aliphatic rings. The van der Waals surface area contributed by atoms with Gasteiger partial charge in [-0.1, -0.05) is 97.1 Å². The summed E-state index contributed by atoms with van der Waals surface area (Å²) in [6.45, 7) is 1.67. The molecule has 0 fully saturated rings. The molecule has 8 aromatic rings. The summed E-state index contributed by atoms with van der Waals surface area (Å²) in [6, 6.07) is 59.0. The van der Waals surface area contributed by atoms with Crippen LogP contribution in [-0.2, 0) is 39.3 Å². The zero-order chi connectivity index (χ0) is 50.3. The summed E-state index contributed by atoms with van der Waals surface area (Å²) < 4.78 is 114. The average molecular weight is 1060 g/mol. The number of hydrogen-bond acceptors (Lipinski definition) is 12. The number of nitrogens with zero attached hydrogens (tertiary/aromatic N) is 4. The van der Waals surface area contributed by atoms with Crippen molar-refractivity contribution >= 4 is 92.9 Å². The number of anilines is 8. The van der Waals surface area contributed by atoms with Crippen molar-refractivity contribution in [3.05, 3.63) is 194 Å². The smallest absolute Gasteiger partial charge is 0.210 e. The Bertz CT molecular complexity index is 3290. The fourth-order valence-corrected chi connectivity index (χ4v) is 22.3. The van der Waals surface area contributed by atoms with Crippen molar-refractivity contribution in [3.63, 3.8) is 0 Å². The third-order valence-corrected chi connectivity index (χ3v) is 27.6. The van der Waals surface area contributed by atoms with Gasteiger partial charge in [-0.3, -0.25) is 0 Å². The highest BCUT2D eigenvalue weighted by molar-refractivity contribution is 7.92. The Balaban J connectivity index is 1.03. The topological polar surface area (TPSA) is 150 Å². The molecule has 0 aromatic heterocycles. The van der Waals surface area contributed by atoms with Gasteiger partial charge in [-0.05, 0) is 121 Å². The van der Waals surface area contributed by atoms with Gasteiger partial charge in [0.2, 0.25) is 39.3 Å². The maximum Gasteiger partial charge on any atom is 0.210 e. The van der Waals surface area contributed by atoms with Crippen molar-refractivity contribution in [3.8, 4) is 0 Å². The van der Waals surface area contributed by atoms with E-state index in [2.05, 4.69) is 19.6 Å². The van der Waals surface area contributed by atoms with E-state index >= 15 is 0 Å². The first-order chi connectivity index (χ1) is 35.2. The molecule has 0 radical (unpaired) electrons. The second kappa shape index (κ2) is 17.6. The fourth-order valence-electron chi connectivity index (χ4n) is 11.4. The summed E-state index contributed by atoms with van der Waals surface area (Å²) in [4.78, 5) is 10.2. The molecule has 0 bridgehead atoms. The third-order valence-electron chi connectivity index (χ3n) is 15.0. The van der Waals surface area contributed by atoms with Crippen LogP contribution < -0.4 is 19.6 Å². The molecule has 4 heterocycles. The van der Waals surface area contributed by atoms with Crippen LogP contribution in [0, 0.1) is 0 Å². The van der Waals surface area contributed by atoms with Gasteiger partial charge in [0.25, 0.3) is 0 Å². The Hall–Kier alpha value is -7.02. The molecular weight excluding hydrogens is 1010 g/mol.